The van der Waals surface area contributed by atoms with Crippen LogP contribution in [0, 0.1) is 11.8 Å². The van der Waals surface area contributed by atoms with Crippen LogP contribution < -0.4 is 0 Å². The van der Waals surface area contributed by atoms with Gasteiger partial charge in [0.1, 0.15) is 0 Å². The largest absolute Gasteiger partial charge is 0.394 e. The summed E-state index contributed by atoms with van der Waals surface area (Å²) in [7, 11) is 0. The molecule has 0 aliphatic rings. The highest BCUT2D eigenvalue weighted by atomic mass is 16.6. The summed E-state index contributed by atoms with van der Waals surface area (Å²) >= 11 is 0. The van der Waals surface area contributed by atoms with E-state index in [1.54, 1.807) is 0 Å². The van der Waals surface area contributed by atoms with Gasteiger partial charge >= 0.3 is 0 Å². The number of unbranched alkanes of at least 4 members (excludes halogenated alkanes) is 31. The van der Waals surface area contributed by atoms with Gasteiger partial charge in [-0.25, -0.2) is 0 Å². The van der Waals surface area contributed by atoms with E-state index >= 15 is 0 Å². The Labute approximate surface area is 827 Å². The molecule has 818 valence electrons. The van der Waals surface area contributed by atoms with Gasteiger partial charge in [-0.3, -0.25) is 0 Å². The van der Waals surface area contributed by atoms with Crippen LogP contribution in [0.4, 0.5) is 0 Å². The van der Waals surface area contributed by atoms with Crippen molar-refractivity contribution >= 4 is 0 Å². The average Bonchev–Trinajstić information content (AvgIpc) is 0.973. The Morgan fingerprint density at radius 2 is 0.199 bits per heavy atom. The average molecular weight is 1970 g/mol. The quantitative estimate of drug-likeness (QED) is 0.0534. The fourth-order valence-corrected chi connectivity index (χ4v) is 14.2. The first-order valence-corrected chi connectivity index (χ1v) is 54.3. The minimum Gasteiger partial charge on any atom is -0.394 e. The number of ether oxygens (including phenoxy) is 30. The van der Waals surface area contributed by atoms with E-state index in [2.05, 4.69) is 13.8 Å². The lowest BCUT2D eigenvalue weighted by Gasteiger charge is -2.20. The van der Waals surface area contributed by atoms with Crippen LogP contribution in [0.25, 0.3) is 0 Å². The first-order chi connectivity index (χ1) is 67.8. The number of hydrogen-bond acceptors (Lipinski definition) is 32. The van der Waals surface area contributed by atoms with Crippen molar-refractivity contribution in [1.29, 1.82) is 0 Å². The molecule has 0 saturated heterocycles. The van der Waals surface area contributed by atoms with Gasteiger partial charge in [-0.1, -0.05) is 232 Å². The molecular formula is C104H210O32. The normalized spacial score (nSPS) is 12.4. The van der Waals surface area contributed by atoms with Crippen molar-refractivity contribution in [3.8, 4) is 0 Å². The topological polar surface area (TPSA) is 317 Å². The van der Waals surface area contributed by atoms with Crippen molar-refractivity contribution in [1.82, 2.24) is 0 Å². The maximum absolute atomic E-state index is 8.67. The minimum atomic E-state index is 0.0174. The maximum atomic E-state index is 8.67. The second kappa shape index (κ2) is 130. The molecule has 2 atom stereocenters. The molecule has 0 rings (SSSR count). The lowest BCUT2D eigenvalue weighted by atomic mass is 9.91. The van der Waals surface area contributed by atoms with Crippen molar-refractivity contribution in [3.63, 3.8) is 0 Å². The van der Waals surface area contributed by atoms with Crippen LogP contribution in [-0.2, 0) is 142 Å². The summed E-state index contributed by atoms with van der Waals surface area (Å²) in [5.41, 5.74) is 0. The van der Waals surface area contributed by atoms with Crippen LogP contribution in [0.2, 0.25) is 0 Å². The first kappa shape index (κ1) is 135. The second-order valence-electron chi connectivity index (χ2n) is 33.9. The van der Waals surface area contributed by atoms with Gasteiger partial charge in [0.2, 0.25) is 0 Å². The Morgan fingerprint density at radius 3 is 0.309 bits per heavy atom. The zero-order valence-electron chi connectivity index (χ0n) is 87.0. The summed E-state index contributed by atoms with van der Waals surface area (Å²) in [6.07, 6.45) is 51.7. The van der Waals surface area contributed by atoms with E-state index in [1.165, 1.54) is 244 Å². The summed E-state index contributed by atoms with van der Waals surface area (Å²) in [4.78, 5) is 0. The van der Waals surface area contributed by atoms with E-state index in [4.69, 9.17) is 152 Å². The van der Waals surface area contributed by atoms with E-state index in [-0.39, 0.29) is 13.2 Å². The van der Waals surface area contributed by atoms with E-state index < -0.39 is 0 Å². The van der Waals surface area contributed by atoms with Crippen LogP contribution in [0.5, 0.6) is 0 Å². The standard InChI is InChI=1S/C104H210O32/c1-3-5-7-9-11-13-15-17-19-21-23-25-27-29-31-33-37-103(101-135-99-97-133-95-93-131-91-89-129-87-85-127-83-81-125-79-77-123-75-73-121-71-69-119-67-65-117-63-61-115-59-57-113-55-53-111-51-49-109-47-45-107-43-41-105)39-35-36-40-104(38-34-32-30-28-26-24-22-20-18-16-14-12-10-8-6-4-2)102-136-100-98-134-96-94-132-92-90-130-88-86-128-84-82-126-80-78-124-76-74-122-72-70-120-68-66-118-64-62-116-60-58-114-56-54-112-52-50-110-48-46-108-44-42-106/h103-106H,3-102H2,1-2H3. The summed E-state index contributed by atoms with van der Waals surface area (Å²) in [6.45, 7) is 34.9. The minimum absolute atomic E-state index is 0.0174. The highest BCUT2D eigenvalue weighted by molar-refractivity contribution is 4.66. The SMILES string of the molecule is CCCCCCCCCCCCCCCCCCC(CCCCC(CCCCCCCCCCCCCCCCCC)COCCOCCOCCOCCOCCOCCOCCOCCOCCOCCOCCOCCOCCOCCOCCO)COCCOCCOCCOCCOCCOCCOCCOCCOCCOCCOCCOCCOCCOCCOCCO. The maximum Gasteiger partial charge on any atom is 0.0701 e. The Bertz CT molecular complexity index is 1900. The second-order valence-corrected chi connectivity index (χ2v) is 33.9. The van der Waals surface area contributed by atoms with Gasteiger partial charge in [0.15, 0.2) is 0 Å². The zero-order chi connectivity index (χ0) is 97.1. The first-order valence-electron chi connectivity index (χ1n) is 54.3. The molecule has 0 aromatic carbocycles. The molecule has 0 bridgehead atoms. The summed E-state index contributed by atoms with van der Waals surface area (Å²) in [6, 6.07) is 0. The smallest absolute Gasteiger partial charge is 0.0701 e. The van der Waals surface area contributed by atoms with Crippen molar-refractivity contribution in [3.05, 3.63) is 0 Å². The Balaban J connectivity index is 4.42. The van der Waals surface area contributed by atoms with Gasteiger partial charge in [0.05, 0.1) is 396 Å². The van der Waals surface area contributed by atoms with E-state index in [0.717, 1.165) is 13.2 Å². The van der Waals surface area contributed by atoms with Gasteiger partial charge in [-0.05, 0) is 37.5 Å². The predicted octanol–water partition coefficient (Wildman–Crippen LogP) is 15.6. The molecule has 0 saturated carbocycles. The number of rotatable bonds is 131. The van der Waals surface area contributed by atoms with Gasteiger partial charge in [-0.15, -0.1) is 0 Å². The van der Waals surface area contributed by atoms with E-state index in [0.29, 0.717) is 395 Å². The van der Waals surface area contributed by atoms with Gasteiger partial charge in [-0.2, -0.15) is 0 Å². The van der Waals surface area contributed by atoms with Gasteiger partial charge in [0.25, 0.3) is 0 Å². The molecular weight excluding hydrogens is 1760 g/mol. The Kier molecular flexibility index (Phi) is 129. The third-order valence-corrected chi connectivity index (χ3v) is 22.0. The van der Waals surface area contributed by atoms with Crippen LogP contribution in [0.15, 0.2) is 0 Å². The zero-order valence-corrected chi connectivity index (χ0v) is 87.0. The molecule has 0 aromatic rings. The predicted molar refractivity (Wildman–Crippen MR) is 533 cm³/mol. The van der Waals surface area contributed by atoms with E-state index in [1.807, 2.05) is 0 Å². The molecule has 0 aromatic heterocycles. The molecule has 0 heterocycles. The highest BCUT2D eigenvalue weighted by Crippen LogP contribution is 2.24. The van der Waals surface area contributed by atoms with Crippen LogP contribution in [0.3, 0.4) is 0 Å². The monoisotopic (exact) mass is 1970 g/mol. The highest BCUT2D eigenvalue weighted by Gasteiger charge is 2.15. The third-order valence-electron chi connectivity index (χ3n) is 22.0. The van der Waals surface area contributed by atoms with Crippen LogP contribution >= 0.6 is 0 Å². The Hall–Kier alpha value is -1.28. The molecule has 136 heavy (non-hydrogen) atoms. The fraction of sp³-hybridized carbons (Fsp3) is 1.00. The van der Waals surface area contributed by atoms with Crippen molar-refractivity contribution in [2.24, 2.45) is 11.8 Å². The fourth-order valence-electron chi connectivity index (χ4n) is 14.2. The third kappa shape index (κ3) is 125. The molecule has 32 nitrogen and oxygen atoms in total. The van der Waals surface area contributed by atoms with Gasteiger partial charge in [0, 0.05) is 13.2 Å². The molecule has 0 amide bonds. The van der Waals surface area contributed by atoms with Crippen molar-refractivity contribution in [2.75, 3.05) is 410 Å². The summed E-state index contributed by atoms with van der Waals surface area (Å²) in [5, 5.41) is 17.3. The lowest BCUT2D eigenvalue weighted by molar-refractivity contribution is -0.0304. The van der Waals surface area contributed by atoms with Crippen molar-refractivity contribution < 1.29 is 152 Å². The van der Waals surface area contributed by atoms with Gasteiger partial charge < -0.3 is 152 Å². The number of aliphatic hydroxyl groups excluding tert-OH is 2. The molecule has 0 aliphatic heterocycles. The van der Waals surface area contributed by atoms with E-state index in [9.17, 15) is 0 Å². The number of aliphatic hydroxyl groups is 2. The van der Waals surface area contributed by atoms with Crippen LogP contribution in [0.1, 0.15) is 258 Å². The number of hydrogen-bond donors (Lipinski definition) is 2. The summed E-state index contributed by atoms with van der Waals surface area (Å²) < 4.78 is 169. The molecule has 0 radical (unpaired) electrons. The lowest BCUT2D eigenvalue weighted by Crippen LogP contribution is -2.16. The van der Waals surface area contributed by atoms with Crippen LogP contribution in [-0.4, -0.2) is 420 Å². The molecule has 0 spiro atoms. The van der Waals surface area contributed by atoms with Crippen molar-refractivity contribution in [2.45, 2.75) is 258 Å². The Morgan fingerprint density at radius 1 is 0.110 bits per heavy atom. The molecule has 32 heteroatoms. The molecule has 2 N–H and O–H groups in total. The summed E-state index contributed by atoms with van der Waals surface area (Å²) in [5.74, 6) is 1.13. The molecule has 2 unspecified atom stereocenters. The molecule has 0 fully saturated rings. The molecule has 0 aliphatic carbocycles.